The highest BCUT2D eigenvalue weighted by Crippen LogP contribution is 2.15. The molecule has 1 atom stereocenters. The van der Waals surface area contributed by atoms with Crippen LogP contribution in [0.5, 0.6) is 11.5 Å². The molecule has 2 aromatic carbocycles. The summed E-state index contributed by atoms with van der Waals surface area (Å²) in [5, 5.41) is 2.47. The van der Waals surface area contributed by atoms with E-state index in [-0.39, 0.29) is 12.3 Å². The molecule has 0 saturated carbocycles. The van der Waals surface area contributed by atoms with E-state index in [9.17, 15) is 14.4 Å². The number of hydrogen-bond donors (Lipinski definition) is 1. The van der Waals surface area contributed by atoms with E-state index in [4.69, 9.17) is 14.2 Å². The maximum Gasteiger partial charge on any atom is 0.326 e. The number of nitrogens with one attached hydrogen (secondary N) is 1. The summed E-state index contributed by atoms with van der Waals surface area (Å²) in [7, 11) is 0. The summed E-state index contributed by atoms with van der Waals surface area (Å²) in [6, 6.07) is 13.2. The van der Waals surface area contributed by atoms with Crippen molar-refractivity contribution in [2.45, 2.75) is 26.9 Å². The average molecular weight is 399 g/mol. The normalized spacial score (nSPS) is 11.3. The van der Waals surface area contributed by atoms with E-state index >= 15 is 0 Å². The Morgan fingerprint density at radius 3 is 1.79 bits per heavy atom. The van der Waals surface area contributed by atoms with Crippen molar-refractivity contribution in [3.8, 4) is 11.5 Å². The van der Waals surface area contributed by atoms with Gasteiger partial charge in [0, 0.05) is 11.1 Å². The first-order chi connectivity index (χ1) is 13.9. The van der Waals surface area contributed by atoms with Crippen molar-refractivity contribution in [1.29, 1.82) is 0 Å². The molecule has 0 bridgehead atoms. The number of benzene rings is 2. The molecule has 154 valence electrons. The molecule has 0 saturated heterocycles. The molecule has 0 radical (unpaired) electrons. The summed E-state index contributed by atoms with van der Waals surface area (Å²) in [4.78, 5) is 36.5. The summed E-state index contributed by atoms with van der Waals surface area (Å²) in [6.45, 7) is 5.95. The fraction of sp³-hybridized carbons (Fsp3) is 0.318. The van der Waals surface area contributed by atoms with E-state index in [0.717, 1.165) is 0 Å². The van der Waals surface area contributed by atoms with Crippen LogP contribution < -0.4 is 14.8 Å². The van der Waals surface area contributed by atoms with Gasteiger partial charge in [0.1, 0.15) is 18.0 Å². The molecule has 7 nitrogen and oxygen atoms in total. The highest BCUT2D eigenvalue weighted by atomic mass is 16.5. The topological polar surface area (TPSA) is 90.9 Å². The number of carbonyl (C=O) groups is 3. The lowest BCUT2D eigenvalue weighted by Crippen LogP contribution is -2.34. The molecule has 0 aromatic heterocycles. The van der Waals surface area contributed by atoms with Crippen molar-refractivity contribution in [3.05, 3.63) is 59.7 Å². The minimum Gasteiger partial charge on any atom is -0.494 e. The molecule has 1 N–H and O–H groups in total. The zero-order valence-corrected chi connectivity index (χ0v) is 16.8. The third-order valence-electron chi connectivity index (χ3n) is 3.95. The van der Waals surface area contributed by atoms with Gasteiger partial charge in [0.25, 0.3) is 5.91 Å². The number of hydrogen-bond acceptors (Lipinski definition) is 6. The van der Waals surface area contributed by atoms with Crippen molar-refractivity contribution < 1.29 is 28.6 Å². The van der Waals surface area contributed by atoms with Gasteiger partial charge in [-0.05, 0) is 69.3 Å². The number of ether oxygens (including phenoxy) is 3. The first-order valence-corrected chi connectivity index (χ1v) is 9.42. The molecule has 0 aliphatic carbocycles. The standard InChI is InChI=1S/C22H25NO6/c1-4-27-18-10-6-16(7-11-18)21(25)15(3)29-20(24)14-23-22(26)17-8-12-19(13-9-17)28-5-2/h6-13,15H,4-5,14H2,1-3H3,(H,23,26)/t15-/m1/s1. The first kappa shape index (κ1) is 21.9. The van der Waals surface area contributed by atoms with Gasteiger partial charge in [0.2, 0.25) is 5.78 Å². The van der Waals surface area contributed by atoms with E-state index in [0.29, 0.717) is 35.8 Å². The Bertz CT molecular complexity index is 829. The van der Waals surface area contributed by atoms with Crippen molar-refractivity contribution in [1.82, 2.24) is 5.32 Å². The second-order valence-electron chi connectivity index (χ2n) is 6.09. The van der Waals surface area contributed by atoms with Gasteiger partial charge >= 0.3 is 5.97 Å². The lowest BCUT2D eigenvalue weighted by molar-refractivity contribution is -0.145. The highest BCUT2D eigenvalue weighted by Gasteiger charge is 2.20. The molecular weight excluding hydrogens is 374 g/mol. The van der Waals surface area contributed by atoms with Gasteiger partial charge in [-0.3, -0.25) is 14.4 Å². The summed E-state index contributed by atoms with van der Waals surface area (Å²) >= 11 is 0. The van der Waals surface area contributed by atoms with Crippen LogP contribution in [0.15, 0.2) is 48.5 Å². The number of Topliss-reactive ketones (excluding diaryl/α,β-unsaturated/α-hetero) is 1. The van der Waals surface area contributed by atoms with E-state index in [2.05, 4.69) is 5.32 Å². The molecule has 7 heteroatoms. The third kappa shape index (κ3) is 6.64. The molecule has 0 unspecified atom stereocenters. The van der Waals surface area contributed by atoms with Crippen molar-refractivity contribution in [2.75, 3.05) is 19.8 Å². The van der Waals surface area contributed by atoms with Gasteiger partial charge in [-0.2, -0.15) is 0 Å². The van der Waals surface area contributed by atoms with Crippen molar-refractivity contribution in [3.63, 3.8) is 0 Å². The smallest absolute Gasteiger partial charge is 0.326 e. The largest absolute Gasteiger partial charge is 0.494 e. The van der Waals surface area contributed by atoms with E-state index < -0.39 is 18.0 Å². The number of amides is 1. The van der Waals surface area contributed by atoms with Crippen LogP contribution in [-0.2, 0) is 9.53 Å². The van der Waals surface area contributed by atoms with Gasteiger partial charge in [0.15, 0.2) is 6.10 Å². The zero-order valence-electron chi connectivity index (χ0n) is 16.8. The maximum absolute atomic E-state index is 12.4. The van der Waals surface area contributed by atoms with Gasteiger partial charge < -0.3 is 19.5 Å². The van der Waals surface area contributed by atoms with Gasteiger partial charge in [-0.1, -0.05) is 0 Å². The second kappa shape index (κ2) is 10.8. The Kier molecular flexibility index (Phi) is 8.21. The van der Waals surface area contributed by atoms with Gasteiger partial charge in [-0.15, -0.1) is 0 Å². The van der Waals surface area contributed by atoms with Crippen LogP contribution in [0.4, 0.5) is 0 Å². The van der Waals surface area contributed by atoms with Crippen molar-refractivity contribution in [2.24, 2.45) is 0 Å². The van der Waals surface area contributed by atoms with Crippen LogP contribution in [0.2, 0.25) is 0 Å². The van der Waals surface area contributed by atoms with E-state index in [1.54, 1.807) is 48.5 Å². The van der Waals surface area contributed by atoms with Crippen LogP contribution in [0.1, 0.15) is 41.5 Å². The Morgan fingerprint density at radius 2 is 1.31 bits per heavy atom. The highest BCUT2D eigenvalue weighted by molar-refractivity contribution is 6.00. The third-order valence-corrected chi connectivity index (χ3v) is 3.95. The number of esters is 1. The van der Waals surface area contributed by atoms with Gasteiger partial charge in [-0.25, -0.2) is 0 Å². The fourth-order valence-electron chi connectivity index (χ4n) is 2.53. The zero-order chi connectivity index (χ0) is 21.2. The van der Waals surface area contributed by atoms with E-state index in [1.165, 1.54) is 6.92 Å². The SMILES string of the molecule is CCOc1ccc(C(=O)NCC(=O)O[C@H](C)C(=O)c2ccc(OCC)cc2)cc1. The minimum atomic E-state index is -0.970. The molecule has 0 aliphatic rings. The molecular formula is C22H25NO6. The molecule has 0 heterocycles. The van der Waals surface area contributed by atoms with Crippen LogP contribution in [0, 0.1) is 0 Å². The van der Waals surface area contributed by atoms with Crippen LogP contribution in [0.25, 0.3) is 0 Å². The monoisotopic (exact) mass is 399 g/mol. The fourth-order valence-corrected chi connectivity index (χ4v) is 2.53. The quantitative estimate of drug-likeness (QED) is 0.488. The second-order valence-corrected chi connectivity index (χ2v) is 6.09. The first-order valence-electron chi connectivity index (χ1n) is 9.42. The molecule has 2 rings (SSSR count). The number of carbonyl (C=O) groups excluding carboxylic acids is 3. The summed E-state index contributed by atoms with van der Waals surface area (Å²) < 4.78 is 15.8. The Morgan fingerprint density at radius 1 is 0.828 bits per heavy atom. The van der Waals surface area contributed by atoms with Gasteiger partial charge in [0.05, 0.1) is 13.2 Å². The molecule has 0 spiro atoms. The number of rotatable bonds is 10. The summed E-state index contributed by atoms with van der Waals surface area (Å²) in [5.74, 6) is -0.137. The Labute approximate surface area is 170 Å². The lowest BCUT2D eigenvalue weighted by atomic mass is 10.1. The molecule has 0 aliphatic heterocycles. The maximum atomic E-state index is 12.4. The predicted octanol–water partition coefficient (Wildman–Crippen LogP) is 3.03. The molecule has 29 heavy (non-hydrogen) atoms. The average Bonchev–Trinajstić information content (AvgIpc) is 2.73. The molecule has 2 aromatic rings. The van der Waals surface area contributed by atoms with Crippen LogP contribution in [0.3, 0.4) is 0 Å². The minimum absolute atomic E-state index is 0.334. The number of ketones is 1. The Balaban J connectivity index is 1.82. The molecule has 0 fully saturated rings. The summed E-state index contributed by atoms with van der Waals surface area (Å²) in [6.07, 6.45) is -0.970. The van der Waals surface area contributed by atoms with Crippen molar-refractivity contribution >= 4 is 17.7 Å². The van der Waals surface area contributed by atoms with Crippen LogP contribution >= 0.6 is 0 Å². The lowest BCUT2D eigenvalue weighted by Gasteiger charge is -2.13. The Hall–Kier alpha value is -3.35. The summed E-state index contributed by atoms with van der Waals surface area (Å²) in [5.41, 5.74) is 0.798. The van der Waals surface area contributed by atoms with Crippen LogP contribution in [-0.4, -0.2) is 43.5 Å². The molecule has 1 amide bonds. The van der Waals surface area contributed by atoms with E-state index in [1.807, 2.05) is 13.8 Å². The predicted molar refractivity (Wildman–Crippen MR) is 107 cm³/mol.